The largest absolute Gasteiger partial charge is 0.394 e. The van der Waals surface area contributed by atoms with Gasteiger partial charge >= 0.3 is 0 Å². The third-order valence-corrected chi connectivity index (χ3v) is 23.3. The number of imidazole rings is 1. The molecule has 2 fully saturated rings. The average molecular weight is 1850 g/mol. The van der Waals surface area contributed by atoms with Crippen LogP contribution in [0.1, 0.15) is 154 Å². The smallest absolute Gasteiger partial charge is 0.245 e. The van der Waals surface area contributed by atoms with E-state index in [0.29, 0.717) is 45.1 Å². The number of hydrogen-bond acceptors (Lipinski definition) is 24. The Morgan fingerprint density at radius 1 is 0.614 bits per heavy atom. The molecule has 4 aromatic carbocycles. The van der Waals surface area contributed by atoms with Crippen LogP contribution in [-0.4, -0.2) is 268 Å². The lowest BCUT2D eigenvalue weighted by molar-refractivity contribution is -0.143. The fourth-order valence-corrected chi connectivity index (χ4v) is 15.8. The van der Waals surface area contributed by atoms with E-state index in [1.165, 1.54) is 43.7 Å². The molecule has 712 valence electrons. The first-order valence-electron chi connectivity index (χ1n) is 43.3. The van der Waals surface area contributed by atoms with Crippen LogP contribution in [0.25, 0.3) is 10.9 Å². The predicted molar refractivity (Wildman–Crippen MR) is 475 cm³/mol. The molecule has 0 bridgehead atoms. The number of primary amides is 2. The standard InChI is InChI=1S/C87H116N22O22S/c1-3-4-22-60(101-84(127)68(47-111)107-82(125)66(40-55-43-92-48-97-55)105-79(122)62(31-33-70(88)113)102-83(126)67(46-110)98-73(116)44-96-71(114)26-16-37-132(130,131)108-76(119)49(2)51-27-29-53(30-28-51)74(117)52-19-9-6-10-20-52)77(120)103-63-32-34-72(115)93-35-14-13-24-59(75(89)118)99-81(124)65(39-54-42-95-58-23-12-11-21-57(54)58)104-78(121)61(25-15-36-94-87(90)91)100-80(123)64(38-50-17-7-5-8-18-50)106-85(128)69-41-56(112)45-109(69)86(63)129/h5-12,17-21,23,27-30,42-43,48-49,56,59-69,95,110-112H,3-4,13-16,22,24-26,31-41,44-47H2,1-2H3,(H2,88,113)(H2,89,118)(H,92,97)(H,93,115)(H,96,114)(H,98,116)(H,99,124)(H,100,123)(H,101,127)(H,102,126)(H,103,120)(H,104,121)(H,105,122)(H,106,128)(H,107,125)(H,108,119)(H4,90,91,94)/t49?,56-,59+,60+,61+,62+,63+,64-,65+,66+,67?,68?,69+/m1/s1. The van der Waals surface area contributed by atoms with E-state index in [2.05, 4.69) is 84.1 Å². The summed E-state index contributed by atoms with van der Waals surface area (Å²) in [6, 6.07) is 11.9. The van der Waals surface area contributed by atoms with Crippen molar-refractivity contribution < 1.29 is 105 Å². The summed E-state index contributed by atoms with van der Waals surface area (Å²) in [4.78, 5) is 249. The fourth-order valence-electron chi connectivity index (χ4n) is 14.6. The zero-order chi connectivity index (χ0) is 96.1. The number of carbonyl (C=O) groups is 17. The fraction of sp³-hybridized carbons (Fsp3) is 0.460. The summed E-state index contributed by atoms with van der Waals surface area (Å²) in [5.74, 6) is -18.3. The minimum absolute atomic E-state index is 0.0376. The second kappa shape index (κ2) is 51.3. The monoisotopic (exact) mass is 1850 g/mol. The zero-order valence-electron chi connectivity index (χ0n) is 72.9. The number of para-hydroxylation sites is 1. The van der Waals surface area contributed by atoms with Crippen LogP contribution >= 0.6 is 0 Å². The minimum Gasteiger partial charge on any atom is -0.394 e. The summed E-state index contributed by atoms with van der Waals surface area (Å²) in [7, 11) is -4.30. The third-order valence-electron chi connectivity index (χ3n) is 22.0. The molecule has 3 unspecified atom stereocenters. The van der Waals surface area contributed by atoms with Gasteiger partial charge in [-0.15, -0.1) is 0 Å². The van der Waals surface area contributed by atoms with Gasteiger partial charge in [0.1, 0.15) is 66.5 Å². The van der Waals surface area contributed by atoms with Crippen molar-refractivity contribution in [2.75, 3.05) is 45.1 Å². The molecule has 44 nitrogen and oxygen atoms in total. The summed E-state index contributed by atoms with van der Waals surface area (Å²) in [6.07, 6.45) is -0.810. The molecule has 132 heavy (non-hydrogen) atoms. The highest BCUT2D eigenvalue weighted by Gasteiger charge is 2.44. The van der Waals surface area contributed by atoms with E-state index in [1.54, 1.807) is 98.0 Å². The van der Waals surface area contributed by atoms with E-state index in [9.17, 15) is 95.7 Å². The normalized spacial score (nSPS) is 19.2. The van der Waals surface area contributed by atoms with Crippen LogP contribution < -0.4 is 91.0 Å². The molecule has 8 rings (SSSR count). The SMILES string of the molecule is CCCC[C@H](NC(=O)C(CO)NC(=O)[C@H](Cc1c[nH]cn1)NC(=O)[C@H](CCC(N)=O)NC(=O)C(CO)NC(=O)CNC(=O)CCCS(=O)(=O)NC(=O)C(C)c1ccc(C(=O)c2ccccc2)cc1)C(=O)N[C@H]1CCC(=O)NCCCC[C@@H](C(N)=O)NC(=O)[C@H](Cc2c[nH]c3ccccc23)NC(=O)[C@H](CCCNC(=N)N)NC(=O)[C@@H](Cc2ccccc2)NC(=O)[C@@H]2C[C@@H](O)CN2C1=O. The number of benzene rings is 4. The Balaban J connectivity index is 0.939. The predicted octanol–water partition coefficient (Wildman–Crippen LogP) is -4.63. The molecule has 0 saturated carbocycles. The van der Waals surface area contributed by atoms with E-state index in [0.717, 1.165) is 4.90 Å². The van der Waals surface area contributed by atoms with Crippen LogP contribution in [0.3, 0.4) is 0 Å². The van der Waals surface area contributed by atoms with Gasteiger partial charge in [0.25, 0.3) is 0 Å². The summed E-state index contributed by atoms with van der Waals surface area (Å²) in [6.45, 7) is -0.480. The molecular weight excluding hydrogens is 1740 g/mol. The number of carbonyl (C=O) groups excluding carboxylic acids is 17. The number of ketones is 1. The summed E-state index contributed by atoms with van der Waals surface area (Å²) in [5, 5.41) is 73.7. The lowest BCUT2D eigenvalue weighted by Crippen LogP contribution is -2.61. The quantitative estimate of drug-likeness (QED) is 0.00743. The van der Waals surface area contributed by atoms with Gasteiger partial charge in [-0.2, -0.15) is 0 Å². The summed E-state index contributed by atoms with van der Waals surface area (Å²) < 4.78 is 27.8. The number of guanidine groups is 1. The topological polar surface area (TPSA) is 703 Å². The van der Waals surface area contributed by atoms with Crippen molar-refractivity contribution in [3.05, 3.63) is 161 Å². The number of fused-ring (bicyclic) bond motifs is 2. The van der Waals surface area contributed by atoms with Crippen LogP contribution in [-0.2, 0) is 106 Å². The number of rotatable bonds is 41. The van der Waals surface area contributed by atoms with Crippen molar-refractivity contribution in [2.24, 2.45) is 17.2 Å². The molecule has 6 aromatic rings. The number of hydrogen-bond donors (Lipinski definition) is 23. The molecule has 13 atom stereocenters. The first-order chi connectivity index (χ1) is 63.0. The summed E-state index contributed by atoms with van der Waals surface area (Å²) >= 11 is 0. The Morgan fingerprint density at radius 2 is 1.21 bits per heavy atom. The van der Waals surface area contributed by atoms with Crippen LogP contribution in [0.4, 0.5) is 0 Å². The molecule has 26 N–H and O–H groups in total. The van der Waals surface area contributed by atoms with E-state index in [-0.39, 0.29) is 88.8 Å². The van der Waals surface area contributed by atoms with E-state index in [4.69, 9.17) is 22.6 Å². The van der Waals surface area contributed by atoms with Gasteiger partial charge in [-0.05, 0) is 87.5 Å². The Hall–Kier alpha value is -14.1. The molecule has 0 aliphatic carbocycles. The molecule has 2 aliphatic rings. The van der Waals surface area contributed by atoms with Gasteiger partial charge in [0.05, 0.1) is 49.6 Å². The molecule has 2 saturated heterocycles. The molecule has 2 aliphatic heterocycles. The Morgan fingerprint density at radius 3 is 1.87 bits per heavy atom. The number of aliphatic hydroxyl groups is 3. The zero-order valence-corrected chi connectivity index (χ0v) is 73.8. The van der Waals surface area contributed by atoms with Crippen molar-refractivity contribution in [1.82, 2.24) is 93.7 Å². The molecule has 0 spiro atoms. The highest BCUT2D eigenvalue weighted by molar-refractivity contribution is 7.90. The summed E-state index contributed by atoms with van der Waals surface area (Å²) in [5.41, 5.74) is 20.0. The third kappa shape index (κ3) is 32.5. The number of amides is 16. The lowest BCUT2D eigenvalue weighted by Gasteiger charge is -2.31. The van der Waals surface area contributed by atoms with Crippen LogP contribution in [0.5, 0.6) is 0 Å². The maximum atomic E-state index is 15.3. The first kappa shape index (κ1) is 103. The Kier molecular flexibility index (Phi) is 40.2. The number of nitrogens with one attached hydrogen (secondary N) is 17. The lowest BCUT2D eigenvalue weighted by atomic mass is 9.97. The Bertz CT molecular complexity index is 5160. The minimum atomic E-state index is -4.30. The first-order valence-corrected chi connectivity index (χ1v) is 44.9. The molecule has 16 amide bonds. The second-order valence-electron chi connectivity index (χ2n) is 32.1. The Labute approximate surface area is 759 Å². The van der Waals surface area contributed by atoms with Crippen LogP contribution in [0.2, 0.25) is 0 Å². The van der Waals surface area contributed by atoms with Gasteiger partial charge in [-0.3, -0.25) is 91.6 Å². The van der Waals surface area contributed by atoms with Crippen molar-refractivity contribution in [2.45, 2.75) is 208 Å². The van der Waals surface area contributed by atoms with Gasteiger partial charge < -0.3 is 117 Å². The molecule has 45 heteroatoms. The van der Waals surface area contributed by atoms with Crippen molar-refractivity contribution >= 4 is 127 Å². The maximum Gasteiger partial charge on any atom is 0.245 e. The van der Waals surface area contributed by atoms with Gasteiger partial charge in [-0.25, -0.2) is 13.4 Å². The number of aromatic amines is 2. The highest BCUT2D eigenvalue weighted by atomic mass is 32.2. The van der Waals surface area contributed by atoms with Crippen molar-refractivity contribution in [3.63, 3.8) is 0 Å². The number of aliphatic hydroxyl groups excluding tert-OH is 3. The van der Waals surface area contributed by atoms with E-state index in [1.807, 2.05) is 4.72 Å². The highest BCUT2D eigenvalue weighted by Crippen LogP contribution is 2.25. The molecule has 4 heterocycles. The molecule has 0 radical (unpaired) electrons. The number of nitrogens with two attached hydrogens (primary N) is 3. The van der Waals surface area contributed by atoms with Crippen molar-refractivity contribution in [3.8, 4) is 0 Å². The molecule has 2 aromatic heterocycles. The van der Waals surface area contributed by atoms with Crippen molar-refractivity contribution in [1.29, 1.82) is 5.41 Å². The maximum absolute atomic E-state index is 15.3. The van der Waals surface area contributed by atoms with Gasteiger partial charge in [0.2, 0.25) is 105 Å². The number of aromatic nitrogens is 3. The van der Waals surface area contributed by atoms with Gasteiger partial charge in [0.15, 0.2) is 11.7 Å². The van der Waals surface area contributed by atoms with E-state index < -0.39 is 266 Å². The van der Waals surface area contributed by atoms with Crippen LogP contribution in [0.15, 0.2) is 128 Å². The average Bonchev–Trinajstić information content (AvgIpc) is 1.62. The van der Waals surface area contributed by atoms with E-state index >= 15 is 9.59 Å². The number of nitrogens with zero attached hydrogens (tertiary/aromatic N) is 2. The van der Waals surface area contributed by atoms with Crippen LogP contribution in [0, 0.1) is 5.41 Å². The van der Waals surface area contributed by atoms with Gasteiger partial charge in [-0.1, -0.05) is 123 Å². The second-order valence-corrected chi connectivity index (χ2v) is 33.9. The van der Waals surface area contributed by atoms with Gasteiger partial charge in [0, 0.05) is 99.0 Å². The number of H-pyrrole nitrogens is 2. The molecular formula is C87H116N22O22S. The number of unbranched alkanes of at least 4 members (excludes halogenated alkanes) is 1. The number of sulfonamides is 1.